The molecule has 2 aromatic carbocycles. The zero-order valence-corrected chi connectivity index (χ0v) is 11.8. The van der Waals surface area contributed by atoms with E-state index >= 15 is 0 Å². The number of aromatic nitrogens is 3. The second kappa shape index (κ2) is 6.30. The van der Waals surface area contributed by atoms with Crippen LogP contribution in [-0.4, -0.2) is 21.3 Å². The predicted octanol–water partition coefficient (Wildman–Crippen LogP) is 2.87. The van der Waals surface area contributed by atoms with Crippen LogP contribution in [0.2, 0.25) is 0 Å². The average Bonchev–Trinajstić information content (AvgIpc) is 2.92. The molecule has 0 aliphatic heterocycles. The molecule has 0 unspecified atom stereocenters. The maximum atomic E-state index is 13.0. The molecular weight excluding hydrogens is 281 g/mol. The molecule has 0 spiro atoms. The van der Waals surface area contributed by atoms with Crippen LogP contribution in [0.15, 0.2) is 54.6 Å². The molecule has 110 valence electrons. The van der Waals surface area contributed by atoms with Gasteiger partial charge in [-0.3, -0.25) is 4.79 Å². The molecule has 22 heavy (non-hydrogen) atoms. The van der Waals surface area contributed by atoms with E-state index in [2.05, 4.69) is 10.3 Å². The van der Waals surface area contributed by atoms with Crippen molar-refractivity contribution in [2.45, 2.75) is 13.0 Å². The second-order valence-electron chi connectivity index (χ2n) is 4.99. The molecule has 0 aliphatic carbocycles. The standard InChI is InChI=1S/C17H14FN3O/c18-15-8-6-14(7-9-15)11-21-17(16(12-22)19-20-21)10-13-4-2-1-3-5-13/h1-9,12H,10-11H2. The van der Waals surface area contributed by atoms with Crippen molar-refractivity contribution in [2.75, 3.05) is 0 Å². The highest BCUT2D eigenvalue weighted by molar-refractivity contribution is 5.73. The van der Waals surface area contributed by atoms with Crippen molar-refractivity contribution >= 4 is 6.29 Å². The molecule has 0 atom stereocenters. The van der Waals surface area contributed by atoms with Crippen molar-refractivity contribution < 1.29 is 9.18 Å². The molecular formula is C17H14FN3O. The van der Waals surface area contributed by atoms with Gasteiger partial charge in [0.05, 0.1) is 12.2 Å². The fourth-order valence-corrected chi connectivity index (χ4v) is 2.30. The molecule has 1 heterocycles. The first-order valence-electron chi connectivity index (χ1n) is 6.92. The quantitative estimate of drug-likeness (QED) is 0.680. The molecule has 5 heteroatoms. The summed E-state index contributed by atoms with van der Waals surface area (Å²) in [4.78, 5) is 11.2. The fourth-order valence-electron chi connectivity index (χ4n) is 2.30. The number of aldehydes is 1. The van der Waals surface area contributed by atoms with Gasteiger partial charge < -0.3 is 0 Å². The monoisotopic (exact) mass is 295 g/mol. The van der Waals surface area contributed by atoms with E-state index in [-0.39, 0.29) is 5.82 Å². The van der Waals surface area contributed by atoms with Gasteiger partial charge in [-0.1, -0.05) is 47.7 Å². The van der Waals surface area contributed by atoms with Gasteiger partial charge in [0.1, 0.15) is 11.5 Å². The molecule has 4 nitrogen and oxygen atoms in total. The zero-order chi connectivity index (χ0) is 15.4. The molecule has 0 aliphatic rings. The summed E-state index contributed by atoms with van der Waals surface area (Å²) in [7, 11) is 0. The summed E-state index contributed by atoms with van der Waals surface area (Å²) in [5, 5.41) is 7.96. The van der Waals surface area contributed by atoms with Crippen LogP contribution in [-0.2, 0) is 13.0 Å². The summed E-state index contributed by atoms with van der Waals surface area (Å²) in [6, 6.07) is 16.0. The Balaban J connectivity index is 1.89. The van der Waals surface area contributed by atoms with Crippen LogP contribution in [0.3, 0.4) is 0 Å². The second-order valence-corrected chi connectivity index (χ2v) is 4.99. The summed E-state index contributed by atoms with van der Waals surface area (Å²) >= 11 is 0. The van der Waals surface area contributed by atoms with Gasteiger partial charge in [-0.25, -0.2) is 9.07 Å². The number of benzene rings is 2. The molecule has 3 aromatic rings. The highest BCUT2D eigenvalue weighted by atomic mass is 19.1. The minimum atomic E-state index is -0.277. The number of carbonyl (C=O) groups is 1. The topological polar surface area (TPSA) is 47.8 Å². The summed E-state index contributed by atoms with van der Waals surface area (Å²) in [5.41, 5.74) is 3.07. The molecule has 0 radical (unpaired) electrons. The minimum Gasteiger partial charge on any atom is -0.296 e. The first-order valence-corrected chi connectivity index (χ1v) is 6.92. The molecule has 1 aromatic heterocycles. The molecule has 0 saturated heterocycles. The average molecular weight is 295 g/mol. The SMILES string of the molecule is O=Cc1nnn(Cc2ccc(F)cc2)c1Cc1ccccc1. The van der Waals surface area contributed by atoms with Crippen LogP contribution in [0.25, 0.3) is 0 Å². The van der Waals surface area contributed by atoms with Gasteiger partial charge in [0, 0.05) is 6.42 Å². The largest absolute Gasteiger partial charge is 0.296 e. The lowest BCUT2D eigenvalue weighted by Crippen LogP contribution is -2.08. The van der Waals surface area contributed by atoms with Gasteiger partial charge in [0.15, 0.2) is 6.29 Å². The van der Waals surface area contributed by atoms with Gasteiger partial charge in [-0.2, -0.15) is 0 Å². The van der Waals surface area contributed by atoms with Crippen LogP contribution >= 0.6 is 0 Å². The number of rotatable bonds is 5. The lowest BCUT2D eigenvalue weighted by molar-refractivity contribution is 0.111. The lowest BCUT2D eigenvalue weighted by atomic mass is 10.1. The van der Waals surface area contributed by atoms with Crippen LogP contribution in [0.5, 0.6) is 0 Å². The van der Waals surface area contributed by atoms with Gasteiger partial charge >= 0.3 is 0 Å². The Bertz CT molecular complexity index is 766. The maximum absolute atomic E-state index is 13.0. The van der Waals surface area contributed by atoms with Crippen molar-refractivity contribution in [1.82, 2.24) is 15.0 Å². The van der Waals surface area contributed by atoms with Crippen molar-refractivity contribution in [2.24, 2.45) is 0 Å². The normalized spacial score (nSPS) is 10.6. The minimum absolute atomic E-state index is 0.277. The van der Waals surface area contributed by atoms with E-state index in [0.29, 0.717) is 24.9 Å². The van der Waals surface area contributed by atoms with Gasteiger partial charge in [0.25, 0.3) is 0 Å². The summed E-state index contributed by atoms with van der Waals surface area (Å²) in [6.07, 6.45) is 1.29. The highest BCUT2D eigenvalue weighted by Crippen LogP contribution is 2.13. The van der Waals surface area contributed by atoms with Gasteiger partial charge in [-0.05, 0) is 23.3 Å². The van der Waals surface area contributed by atoms with E-state index in [4.69, 9.17) is 0 Å². The van der Waals surface area contributed by atoms with Gasteiger partial charge in [-0.15, -0.1) is 5.10 Å². The third kappa shape index (κ3) is 3.09. The van der Waals surface area contributed by atoms with E-state index < -0.39 is 0 Å². The fraction of sp³-hybridized carbons (Fsp3) is 0.118. The summed E-state index contributed by atoms with van der Waals surface area (Å²) in [5.74, 6) is -0.277. The van der Waals surface area contributed by atoms with E-state index in [1.807, 2.05) is 30.3 Å². The number of hydrogen-bond donors (Lipinski definition) is 0. The Morgan fingerprint density at radius 1 is 1.00 bits per heavy atom. The Kier molecular flexibility index (Phi) is 4.05. The van der Waals surface area contributed by atoms with Crippen LogP contribution in [0, 0.1) is 5.82 Å². The third-order valence-electron chi connectivity index (χ3n) is 3.44. The van der Waals surface area contributed by atoms with Crippen molar-refractivity contribution in [3.8, 4) is 0 Å². The molecule has 0 fully saturated rings. The van der Waals surface area contributed by atoms with Crippen LogP contribution in [0.4, 0.5) is 4.39 Å². The van der Waals surface area contributed by atoms with Crippen molar-refractivity contribution in [3.05, 3.63) is 82.9 Å². The lowest BCUT2D eigenvalue weighted by Gasteiger charge is -2.07. The maximum Gasteiger partial charge on any atom is 0.172 e. The summed E-state index contributed by atoms with van der Waals surface area (Å²) in [6.45, 7) is 0.448. The van der Waals surface area contributed by atoms with Crippen LogP contribution in [0.1, 0.15) is 27.3 Å². The Hall–Kier alpha value is -2.82. The number of nitrogens with zero attached hydrogens (tertiary/aromatic N) is 3. The van der Waals surface area contributed by atoms with E-state index in [9.17, 15) is 9.18 Å². The van der Waals surface area contributed by atoms with Gasteiger partial charge in [0.2, 0.25) is 0 Å². The third-order valence-corrected chi connectivity index (χ3v) is 3.44. The molecule has 0 bridgehead atoms. The molecule has 3 rings (SSSR count). The van der Waals surface area contributed by atoms with E-state index in [1.165, 1.54) is 12.1 Å². The smallest absolute Gasteiger partial charge is 0.172 e. The Labute approximate surface area is 127 Å². The molecule has 0 saturated carbocycles. The van der Waals surface area contributed by atoms with Crippen molar-refractivity contribution in [1.29, 1.82) is 0 Å². The first-order chi connectivity index (χ1) is 10.8. The zero-order valence-electron chi connectivity index (χ0n) is 11.8. The molecule has 0 amide bonds. The Morgan fingerprint density at radius 3 is 2.41 bits per heavy atom. The van der Waals surface area contributed by atoms with Crippen molar-refractivity contribution in [3.63, 3.8) is 0 Å². The number of halogens is 1. The molecule has 0 N–H and O–H groups in total. The number of carbonyl (C=O) groups excluding carboxylic acids is 1. The first kappa shape index (κ1) is 14.1. The highest BCUT2D eigenvalue weighted by Gasteiger charge is 2.13. The number of hydrogen-bond acceptors (Lipinski definition) is 3. The summed E-state index contributed by atoms with van der Waals surface area (Å²) < 4.78 is 14.7. The predicted molar refractivity (Wildman–Crippen MR) is 80.2 cm³/mol. The van der Waals surface area contributed by atoms with E-state index in [1.54, 1.807) is 16.8 Å². The van der Waals surface area contributed by atoms with E-state index in [0.717, 1.165) is 16.8 Å². The Morgan fingerprint density at radius 2 is 1.73 bits per heavy atom. The van der Waals surface area contributed by atoms with Crippen LogP contribution < -0.4 is 0 Å².